The Kier molecular flexibility index (Phi) is 8.34. The van der Waals surface area contributed by atoms with E-state index in [2.05, 4.69) is 32.2 Å². The summed E-state index contributed by atoms with van der Waals surface area (Å²) < 4.78 is 57.7. The lowest BCUT2D eigenvalue weighted by atomic mass is 9.93. The zero-order valence-corrected chi connectivity index (χ0v) is 22.4. The molecule has 2 atom stereocenters. The summed E-state index contributed by atoms with van der Waals surface area (Å²) in [5, 5.41) is 8.71. The summed E-state index contributed by atoms with van der Waals surface area (Å²) in [6.45, 7) is 5.93. The van der Waals surface area contributed by atoms with Crippen molar-refractivity contribution in [3.63, 3.8) is 0 Å². The minimum absolute atomic E-state index is 0.0783. The van der Waals surface area contributed by atoms with E-state index in [1.807, 2.05) is 5.10 Å². The first-order chi connectivity index (χ1) is 18.4. The molecule has 2 N–H and O–H groups in total. The van der Waals surface area contributed by atoms with E-state index in [4.69, 9.17) is 16.3 Å². The second-order valence-corrected chi connectivity index (χ2v) is 10.3. The van der Waals surface area contributed by atoms with Crippen molar-refractivity contribution in [1.29, 1.82) is 0 Å². The Morgan fingerprint density at radius 3 is 2.64 bits per heavy atom. The standard InChI is InChI=1S/C26H29ClF4N6O2/c1-4-5-18-13-17(33-24(38)25(2,3)39-20-8-7-16(28)12-19(20)27)10-11-37(18)21-9-6-15(14-32-21)22-34-23(36-35-22)26(29,30)31/h6-9,12,14,17-18H,4-5,10-11,13H2,1-3H3,(H,33,38)(H,34,35,36). The molecule has 1 fully saturated rings. The summed E-state index contributed by atoms with van der Waals surface area (Å²) in [5.74, 6) is -1.17. The number of hydrogen-bond acceptors (Lipinski definition) is 6. The molecule has 1 saturated heterocycles. The molecule has 4 rings (SSSR count). The summed E-state index contributed by atoms with van der Waals surface area (Å²) in [5.41, 5.74) is -0.883. The van der Waals surface area contributed by atoms with Gasteiger partial charge in [-0.15, -0.1) is 0 Å². The van der Waals surface area contributed by atoms with Crippen LogP contribution in [0.2, 0.25) is 5.02 Å². The number of aromatic nitrogens is 4. The minimum atomic E-state index is -4.61. The quantitative estimate of drug-likeness (QED) is 0.334. The molecule has 3 aromatic rings. The molecule has 0 spiro atoms. The highest BCUT2D eigenvalue weighted by atomic mass is 35.5. The van der Waals surface area contributed by atoms with Gasteiger partial charge in [-0.05, 0) is 63.4 Å². The Morgan fingerprint density at radius 1 is 1.26 bits per heavy atom. The first-order valence-corrected chi connectivity index (χ1v) is 12.9. The predicted octanol–water partition coefficient (Wildman–Crippen LogP) is 5.79. The van der Waals surface area contributed by atoms with E-state index in [1.165, 1.54) is 18.3 Å². The SMILES string of the molecule is CCCC1CC(NC(=O)C(C)(C)Oc2ccc(F)cc2Cl)CCN1c1ccc(-c2n[nH]c(C(F)(F)F)n2)cn1. The lowest BCUT2D eigenvalue weighted by Crippen LogP contribution is -2.55. The van der Waals surface area contributed by atoms with Crippen LogP contribution in [0.3, 0.4) is 0 Å². The van der Waals surface area contributed by atoms with Gasteiger partial charge in [0.1, 0.15) is 17.4 Å². The second kappa shape index (κ2) is 11.4. The van der Waals surface area contributed by atoms with Crippen LogP contribution in [0.25, 0.3) is 11.4 Å². The van der Waals surface area contributed by atoms with E-state index in [0.29, 0.717) is 30.8 Å². The number of anilines is 1. The van der Waals surface area contributed by atoms with Crippen LogP contribution >= 0.6 is 11.6 Å². The lowest BCUT2D eigenvalue weighted by molar-refractivity contribution is -0.144. The largest absolute Gasteiger partial charge is 0.476 e. The maximum Gasteiger partial charge on any atom is 0.451 e. The molecule has 2 unspecified atom stereocenters. The molecule has 1 aliphatic rings. The summed E-state index contributed by atoms with van der Waals surface area (Å²) in [6, 6.07) is 7.09. The Balaban J connectivity index is 1.41. The van der Waals surface area contributed by atoms with Gasteiger partial charge in [-0.25, -0.2) is 14.4 Å². The monoisotopic (exact) mass is 568 g/mol. The van der Waals surface area contributed by atoms with Crippen molar-refractivity contribution in [2.24, 2.45) is 0 Å². The minimum Gasteiger partial charge on any atom is -0.476 e. The third-order valence-electron chi connectivity index (χ3n) is 6.53. The van der Waals surface area contributed by atoms with E-state index in [9.17, 15) is 22.4 Å². The number of carbonyl (C=O) groups excluding carboxylic acids is 1. The van der Waals surface area contributed by atoms with Crippen LogP contribution in [0.1, 0.15) is 52.3 Å². The van der Waals surface area contributed by atoms with Crippen molar-refractivity contribution in [3.8, 4) is 17.1 Å². The average Bonchev–Trinajstić information content (AvgIpc) is 3.38. The first kappa shape index (κ1) is 28.6. The molecular weight excluding hydrogens is 540 g/mol. The van der Waals surface area contributed by atoms with Crippen LogP contribution < -0.4 is 15.0 Å². The van der Waals surface area contributed by atoms with Gasteiger partial charge < -0.3 is 15.0 Å². The molecule has 8 nitrogen and oxygen atoms in total. The maximum absolute atomic E-state index is 13.4. The smallest absolute Gasteiger partial charge is 0.451 e. The Labute approximate surface area is 228 Å². The van der Waals surface area contributed by atoms with Crippen LogP contribution in [-0.2, 0) is 11.0 Å². The van der Waals surface area contributed by atoms with E-state index in [1.54, 1.807) is 26.0 Å². The van der Waals surface area contributed by atoms with Gasteiger partial charge in [-0.3, -0.25) is 9.89 Å². The molecule has 0 bridgehead atoms. The summed E-state index contributed by atoms with van der Waals surface area (Å²) in [7, 11) is 0. The topological polar surface area (TPSA) is 96.0 Å². The zero-order chi connectivity index (χ0) is 28.4. The van der Waals surface area contributed by atoms with E-state index < -0.39 is 23.4 Å². The van der Waals surface area contributed by atoms with Crippen molar-refractivity contribution >= 4 is 23.3 Å². The number of rotatable bonds is 8. The van der Waals surface area contributed by atoms with Crippen molar-refractivity contribution in [2.75, 3.05) is 11.4 Å². The van der Waals surface area contributed by atoms with Crippen LogP contribution in [0.4, 0.5) is 23.4 Å². The summed E-state index contributed by atoms with van der Waals surface area (Å²) >= 11 is 6.06. The van der Waals surface area contributed by atoms with E-state index in [-0.39, 0.29) is 34.6 Å². The molecule has 2 aromatic heterocycles. The zero-order valence-electron chi connectivity index (χ0n) is 21.6. The van der Waals surface area contributed by atoms with Gasteiger partial charge in [-0.2, -0.15) is 18.3 Å². The van der Waals surface area contributed by atoms with Crippen molar-refractivity contribution < 1.29 is 27.1 Å². The predicted molar refractivity (Wildman–Crippen MR) is 138 cm³/mol. The highest BCUT2D eigenvalue weighted by molar-refractivity contribution is 6.32. The number of pyridine rings is 1. The van der Waals surface area contributed by atoms with Crippen LogP contribution in [0, 0.1) is 5.82 Å². The fraction of sp³-hybridized carbons (Fsp3) is 0.462. The molecule has 0 aliphatic carbocycles. The second-order valence-electron chi connectivity index (χ2n) is 9.93. The van der Waals surface area contributed by atoms with Crippen molar-refractivity contribution in [3.05, 3.63) is 53.2 Å². The number of piperidine rings is 1. The number of alkyl halides is 3. The summed E-state index contributed by atoms with van der Waals surface area (Å²) in [4.78, 5) is 23.2. The maximum atomic E-state index is 13.4. The highest BCUT2D eigenvalue weighted by Crippen LogP contribution is 2.31. The molecular formula is C26H29ClF4N6O2. The number of hydrogen-bond donors (Lipinski definition) is 2. The molecule has 1 aromatic carbocycles. The first-order valence-electron chi connectivity index (χ1n) is 12.5. The molecule has 3 heterocycles. The number of halogens is 5. The van der Waals surface area contributed by atoms with E-state index >= 15 is 0 Å². The van der Waals surface area contributed by atoms with Gasteiger partial charge in [0, 0.05) is 30.4 Å². The van der Waals surface area contributed by atoms with E-state index in [0.717, 1.165) is 18.9 Å². The molecule has 39 heavy (non-hydrogen) atoms. The van der Waals surface area contributed by atoms with Gasteiger partial charge in [0.15, 0.2) is 11.4 Å². The number of ether oxygens (including phenoxy) is 1. The van der Waals surface area contributed by atoms with Gasteiger partial charge in [0.2, 0.25) is 5.82 Å². The number of aromatic amines is 1. The van der Waals surface area contributed by atoms with Gasteiger partial charge in [0.05, 0.1) is 5.02 Å². The highest BCUT2D eigenvalue weighted by Gasteiger charge is 2.37. The Hall–Kier alpha value is -3.41. The van der Waals surface area contributed by atoms with Crippen molar-refractivity contribution in [2.45, 2.75) is 70.3 Å². The van der Waals surface area contributed by atoms with Gasteiger partial charge >= 0.3 is 6.18 Å². The fourth-order valence-electron chi connectivity index (χ4n) is 4.53. The van der Waals surface area contributed by atoms with Crippen LogP contribution in [-0.4, -0.2) is 50.3 Å². The van der Waals surface area contributed by atoms with Gasteiger partial charge in [0.25, 0.3) is 5.91 Å². The van der Waals surface area contributed by atoms with Crippen molar-refractivity contribution in [1.82, 2.24) is 25.5 Å². The van der Waals surface area contributed by atoms with Gasteiger partial charge in [-0.1, -0.05) is 24.9 Å². The lowest BCUT2D eigenvalue weighted by Gasteiger charge is -2.41. The average molecular weight is 569 g/mol. The Bertz CT molecular complexity index is 1300. The Morgan fingerprint density at radius 2 is 2.03 bits per heavy atom. The molecule has 13 heteroatoms. The molecule has 0 saturated carbocycles. The number of H-pyrrole nitrogens is 1. The normalized spacial score (nSPS) is 18.2. The number of benzene rings is 1. The number of carbonyl (C=O) groups is 1. The molecule has 1 amide bonds. The number of amides is 1. The third kappa shape index (κ3) is 6.78. The van der Waals surface area contributed by atoms with Crippen LogP contribution in [0.5, 0.6) is 5.75 Å². The van der Waals surface area contributed by atoms with Crippen LogP contribution in [0.15, 0.2) is 36.5 Å². The third-order valence-corrected chi connectivity index (χ3v) is 6.83. The molecule has 0 radical (unpaired) electrons. The number of nitrogens with one attached hydrogen (secondary N) is 2. The molecule has 210 valence electrons. The number of nitrogens with zero attached hydrogens (tertiary/aromatic N) is 4. The fourth-order valence-corrected chi connectivity index (χ4v) is 4.74. The summed E-state index contributed by atoms with van der Waals surface area (Å²) in [6.07, 6.45) is -0.0618. The molecule has 1 aliphatic heterocycles.